The second-order valence-electron chi connectivity index (χ2n) is 2.94. The van der Waals surface area contributed by atoms with Crippen molar-refractivity contribution in [2.45, 2.75) is 12.8 Å². The lowest BCUT2D eigenvalue weighted by Gasteiger charge is -2.09. The molecule has 0 aliphatic rings. The molecule has 0 aliphatic carbocycles. The van der Waals surface area contributed by atoms with Crippen LogP contribution in [0.15, 0.2) is 16.6 Å². The van der Waals surface area contributed by atoms with Gasteiger partial charge in [-0.15, -0.1) is 0 Å². The Kier molecular flexibility index (Phi) is 4.62. The normalized spacial score (nSPS) is 10.2. The van der Waals surface area contributed by atoms with Crippen molar-refractivity contribution >= 4 is 28.6 Å². The highest BCUT2D eigenvalue weighted by molar-refractivity contribution is 9.10. The summed E-state index contributed by atoms with van der Waals surface area (Å²) in [5.41, 5.74) is 0.894. The Bertz CT molecular complexity index is 315. The number of halogens is 1. The topological polar surface area (TPSA) is 29.5 Å². The van der Waals surface area contributed by atoms with E-state index in [0.29, 0.717) is 5.75 Å². The van der Waals surface area contributed by atoms with E-state index < -0.39 is 0 Å². The number of hydrogen-bond acceptors (Lipinski definition) is 3. The van der Waals surface area contributed by atoms with Gasteiger partial charge in [-0.25, -0.2) is 0 Å². The fourth-order valence-corrected chi connectivity index (χ4v) is 1.89. The number of thiol groups is 1. The largest absolute Gasteiger partial charge is 0.504 e. The summed E-state index contributed by atoms with van der Waals surface area (Å²) in [5, 5.41) is 9.77. The Morgan fingerprint density at radius 1 is 1.50 bits per heavy atom. The monoisotopic (exact) mass is 276 g/mol. The standard InChI is InChI=1S/C10H13BrO2S/c1-13-9-6-8(11)5-7(10(9)12)3-2-4-14/h5-6,12,14H,2-4H2,1H3. The average molecular weight is 277 g/mol. The third-order valence-electron chi connectivity index (χ3n) is 1.94. The van der Waals surface area contributed by atoms with Crippen molar-refractivity contribution in [3.05, 3.63) is 22.2 Å². The number of hydrogen-bond donors (Lipinski definition) is 2. The minimum atomic E-state index is 0.234. The first kappa shape index (κ1) is 11.7. The van der Waals surface area contributed by atoms with Gasteiger partial charge in [0.2, 0.25) is 0 Å². The van der Waals surface area contributed by atoms with Crippen molar-refractivity contribution in [3.8, 4) is 11.5 Å². The van der Waals surface area contributed by atoms with E-state index in [-0.39, 0.29) is 5.75 Å². The number of ether oxygens (including phenoxy) is 1. The molecule has 14 heavy (non-hydrogen) atoms. The van der Waals surface area contributed by atoms with E-state index in [1.54, 1.807) is 13.2 Å². The van der Waals surface area contributed by atoms with E-state index in [1.165, 1.54) is 0 Å². The molecule has 0 atom stereocenters. The first-order valence-electron chi connectivity index (χ1n) is 4.35. The molecule has 0 heterocycles. The first-order valence-corrected chi connectivity index (χ1v) is 5.77. The number of phenolic OH excluding ortho intramolecular Hbond substituents is 1. The van der Waals surface area contributed by atoms with Crippen LogP contribution in [0.2, 0.25) is 0 Å². The molecule has 4 heteroatoms. The van der Waals surface area contributed by atoms with Crippen LogP contribution in [0.3, 0.4) is 0 Å². The quantitative estimate of drug-likeness (QED) is 0.828. The maximum Gasteiger partial charge on any atom is 0.161 e. The van der Waals surface area contributed by atoms with E-state index >= 15 is 0 Å². The maximum atomic E-state index is 9.77. The molecule has 0 radical (unpaired) electrons. The summed E-state index contributed by atoms with van der Waals surface area (Å²) in [7, 11) is 1.55. The van der Waals surface area contributed by atoms with E-state index in [4.69, 9.17) is 4.74 Å². The lowest BCUT2D eigenvalue weighted by molar-refractivity contribution is 0.370. The Morgan fingerprint density at radius 2 is 2.21 bits per heavy atom. The summed E-state index contributed by atoms with van der Waals surface area (Å²) in [5.74, 6) is 1.56. The zero-order valence-corrected chi connectivity index (χ0v) is 10.4. The molecule has 78 valence electrons. The van der Waals surface area contributed by atoms with Crippen LogP contribution in [0, 0.1) is 0 Å². The number of aryl methyl sites for hydroxylation is 1. The van der Waals surface area contributed by atoms with Crippen LogP contribution in [0.1, 0.15) is 12.0 Å². The van der Waals surface area contributed by atoms with Crippen molar-refractivity contribution in [1.82, 2.24) is 0 Å². The van der Waals surface area contributed by atoms with Crippen molar-refractivity contribution in [3.63, 3.8) is 0 Å². The van der Waals surface area contributed by atoms with E-state index in [9.17, 15) is 5.11 Å². The molecule has 1 N–H and O–H groups in total. The summed E-state index contributed by atoms with van der Waals surface area (Å²) >= 11 is 7.50. The molecule has 0 aliphatic heterocycles. The lowest BCUT2D eigenvalue weighted by atomic mass is 10.1. The molecule has 1 aromatic rings. The summed E-state index contributed by atoms with van der Waals surface area (Å²) < 4.78 is 5.97. The van der Waals surface area contributed by atoms with E-state index in [0.717, 1.165) is 28.6 Å². The molecule has 0 unspecified atom stereocenters. The van der Waals surface area contributed by atoms with Gasteiger partial charge in [0, 0.05) is 4.47 Å². The zero-order valence-electron chi connectivity index (χ0n) is 7.96. The first-order chi connectivity index (χ1) is 6.69. The summed E-state index contributed by atoms with van der Waals surface area (Å²) in [6.45, 7) is 0. The molecule has 0 aromatic heterocycles. The number of rotatable bonds is 4. The maximum absolute atomic E-state index is 9.77. The third-order valence-corrected chi connectivity index (χ3v) is 2.72. The Hall–Kier alpha value is -0.350. The molecule has 2 nitrogen and oxygen atoms in total. The summed E-state index contributed by atoms with van der Waals surface area (Å²) in [6.07, 6.45) is 1.75. The fourth-order valence-electron chi connectivity index (χ4n) is 1.24. The van der Waals surface area contributed by atoms with Crippen LogP contribution in [0.4, 0.5) is 0 Å². The Labute approximate surface area is 97.8 Å². The smallest absolute Gasteiger partial charge is 0.161 e. The highest BCUT2D eigenvalue weighted by Gasteiger charge is 2.08. The minimum Gasteiger partial charge on any atom is -0.504 e. The number of phenols is 1. The lowest BCUT2D eigenvalue weighted by Crippen LogP contribution is -1.91. The van der Waals surface area contributed by atoms with Crippen LogP contribution in [0.25, 0.3) is 0 Å². The van der Waals surface area contributed by atoms with Gasteiger partial charge in [-0.05, 0) is 36.3 Å². The Balaban J connectivity index is 2.96. The van der Waals surface area contributed by atoms with Crippen LogP contribution in [-0.2, 0) is 6.42 Å². The van der Waals surface area contributed by atoms with Crippen LogP contribution in [0.5, 0.6) is 11.5 Å². The second kappa shape index (κ2) is 5.51. The molecular formula is C10H13BrO2S. The van der Waals surface area contributed by atoms with Gasteiger partial charge < -0.3 is 9.84 Å². The highest BCUT2D eigenvalue weighted by atomic mass is 79.9. The van der Waals surface area contributed by atoms with Crippen LogP contribution in [-0.4, -0.2) is 18.0 Å². The van der Waals surface area contributed by atoms with E-state index in [1.807, 2.05) is 6.07 Å². The van der Waals surface area contributed by atoms with Crippen molar-refractivity contribution in [2.24, 2.45) is 0 Å². The summed E-state index contributed by atoms with van der Waals surface area (Å²) in [4.78, 5) is 0. The minimum absolute atomic E-state index is 0.234. The predicted molar refractivity (Wildman–Crippen MR) is 64.5 cm³/mol. The molecule has 0 saturated heterocycles. The zero-order chi connectivity index (χ0) is 10.6. The van der Waals surface area contributed by atoms with Gasteiger partial charge in [0.25, 0.3) is 0 Å². The van der Waals surface area contributed by atoms with Gasteiger partial charge in [-0.2, -0.15) is 12.6 Å². The summed E-state index contributed by atoms with van der Waals surface area (Å²) in [6, 6.07) is 3.65. The SMILES string of the molecule is COc1cc(Br)cc(CCCS)c1O. The molecule has 0 amide bonds. The van der Waals surface area contributed by atoms with E-state index in [2.05, 4.69) is 28.6 Å². The van der Waals surface area contributed by atoms with Crippen molar-refractivity contribution < 1.29 is 9.84 Å². The van der Waals surface area contributed by atoms with Gasteiger partial charge in [-0.3, -0.25) is 0 Å². The third kappa shape index (κ3) is 2.82. The average Bonchev–Trinajstić information content (AvgIpc) is 2.18. The number of benzene rings is 1. The van der Waals surface area contributed by atoms with Gasteiger partial charge in [0.1, 0.15) is 0 Å². The number of methoxy groups -OCH3 is 1. The van der Waals surface area contributed by atoms with Gasteiger partial charge in [-0.1, -0.05) is 15.9 Å². The van der Waals surface area contributed by atoms with Gasteiger partial charge in [0.05, 0.1) is 7.11 Å². The van der Waals surface area contributed by atoms with Gasteiger partial charge >= 0.3 is 0 Å². The highest BCUT2D eigenvalue weighted by Crippen LogP contribution is 2.34. The Morgan fingerprint density at radius 3 is 2.79 bits per heavy atom. The molecule has 1 rings (SSSR count). The molecule has 0 fully saturated rings. The predicted octanol–water partition coefficient (Wildman–Crippen LogP) is 3.03. The van der Waals surface area contributed by atoms with Crippen LogP contribution >= 0.6 is 28.6 Å². The van der Waals surface area contributed by atoms with Crippen molar-refractivity contribution in [1.29, 1.82) is 0 Å². The fraction of sp³-hybridized carbons (Fsp3) is 0.400. The van der Waals surface area contributed by atoms with Crippen LogP contribution < -0.4 is 4.74 Å². The second-order valence-corrected chi connectivity index (χ2v) is 4.31. The van der Waals surface area contributed by atoms with Gasteiger partial charge in [0.15, 0.2) is 11.5 Å². The molecular weight excluding hydrogens is 264 g/mol. The molecule has 1 aromatic carbocycles. The number of aromatic hydroxyl groups is 1. The molecule has 0 spiro atoms. The van der Waals surface area contributed by atoms with Crippen molar-refractivity contribution in [2.75, 3.05) is 12.9 Å². The molecule has 0 saturated carbocycles. The molecule has 0 bridgehead atoms.